The minimum absolute atomic E-state index is 0.227. The van der Waals surface area contributed by atoms with Crippen LogP contribution in [0, 0.1) is 11.8 Å². The highest BCUT2D eigenvalue weighted by atomic mass is 16.6. The number of amides is 2. The molecule has 0 N–H and O–H groups in total. The Kier molecular flexibility index (Phi) is 4.51. The molecule has 0 saturated carbocycles. The van der Waals surface area contributed by atoms with Crippen molar-refractivity contribution in [2.45, 2.75) is 12.1 Å². The first kappa shape index (κ1) is 20.9. The smallest absolute Gasteiger partial charge is 0.240 e. The zero-order valence-electron chi connectivity index (χ0n) is 19.1. The number of hydrazone groups is 1. The normalized spacial score (nSPS) is 25.4. The predicted octanol–water partition coefficient (Wildman–Crippen LogP) is 3.22. The number of hydrogen-bond acceptors (Lipinski definition) is 7. The molecule has 0 spiro atoms. The first-order valence-corrected chi connectivity index (χ1v) is 11.9. The Morgan fingerprint density at radius 3 is 2.39 bits per heavy atom. The van der Waals surface area contributed by atoms with Gasteiger partial charge < -0.3 is 9.47 Å². The van der Waals surface area contributed by atoms with Gasteiger partial charge in [-0.15, -0.1) is 0 Å². The van der Waals surface area contributed by atoms with Crippen molar-refractivity contribution in [1.82, 2.24) is 5.01 Å². The monoisotopic (exact) mass is 479 g/mol. The molecular weight excluding hydrogens is 458 g/mol. The van der Waals surface area contributed by atoms with Crippen molar-refractivity contribution in [1.29, 1.82) is 0 Å². The lowest BCUT2D eigenvalue weighted by Crippen LogP contribution is -2.44. The van der Waals surface area contributed by atoms with Gasteiger partial charge in [0.25, 0.3) is 0 Å². The van der Waals surface area contributed by atoms with E-state index in [1.54, 1.807) is 53.7 Å². The van der Waals surface area contributed by atoms with Gasteiger partial charge in [-0.25, -0.2) is 4.90 Å². The van der Waals surface area contributed by atoms with E-state index in [1.807, 2.05) is 30.3 Å². The number of hydrogen-bond donors (Lipinski definition) is 0. The Bertz CT molecular complexity index is 1450. The molecule has 36 heavy (non-hydrogen) atoms. The molecule has 4 aliphatic rings. The lowest BCUT2D eigenvalue weighted by atomic mass is 9.83. The third kappa shape index (κ3) is 2.87. The minimum atomic E-state index is -0.898. The molecule has 3 aromatic carbocycles. The standard InChI is InChI=1S/C28H21N3O5/c32-26(16-6-2-1-3-7-16)25-23-22(24-19-9-5-4-8-17(19)15-29-31(24)25)27(33)30(28(23)34)18-10-11-20-21(14-18)36-13-12-35-20/h1-11,14-15,22-25H,12-13H2. The summed E-state index contributed by atoms with van der Waals surface area (Å²) >= 11 is 0. The molecule has 7 rings (SSSR count). The summed E-state index contributed by atoms with van der Waals surface area (Å²) in [5.74, 6) is -1.53. The predicted molar refractivity (Wildman–Crippen MR) is 130 cm³/mol. The van der Waals surface area contributed by atoms with Gasteiger partial charge in [0.05, 0.1) is 29.8 Å². The van der Waals surface area contributed by atoms with E-state index < -0.39 is 29.8 Å². The van der Waals surface area contributed by atoms with Gasteiger partial charge in [-0.3, -0.25) is 19.4 Å². The summed E-state index contributed by atoms with van der Waals surface area (Å²) in [6.45, 7) is 0.835. The van der Waals surface area contributed by atoms with Crippen molar-refractivity contribution >= 4 is 29.5 Å². The van der Waals surface area contributed by atoms with E-state index in [1.165, 1.54) is 4.90 Å². The van der Waals surface area contributed by atoms with Crippen molar-refractivity contribution in [2.24, 2.45) is 16.9 Å². The largest absolute Gasteiger partial charge is 0.486 e. The zero-order chi connectivity index (χ0) is 24.4. The highest BCUT2D eigenvalue weighted by Gasteiger charge is 2.65. The summed E-state index contributed by atoms with van der Waals surface area (Å²) in [7, 11) is 0. The number of ketones is 1. The molecular formula is C28H21N3O5. The Morgan fingerprint density at radius 2 is 1.56 bits per heavy atom. The third-order valence-electron chi connectivity index (χ3n) is 7.40. The van der Waals surface area contributed by atoms with Crippen molar-refractivity contribution in [3.8, 4) is 11.5 Å². The number of ether oxygens (including phenoxy) is 2. The molecule has 2 amide bonds. The molecule has 2 saturated heterocycles. The van der Waals surface area contributed by atoms with Crippen LogP contribution in [0.25, 0.3) is 0 Å². The van der Waals surface area contributed by atoms with Crippen molar-refractivity contribution < 1.29 is 23.9 Å². The first-order chi connectivity index (χ1) is 17.6. The topological polar surface area (TPSA) is 88.5 Å². The summed E-state index contributed by atoms with van der Waals surface area (Å²) < 4.78 is 11.3. The maximum Gasteiger partial charge on any atom is 0.240 e. The number of rotatable bonds is 3. The van der Waals surface area contributed by atoms with E-state index in [-0.39, 0.29) is 11.7 Å². The van der Waals surface area contributed by atoms with E-state index in [4.69, 9.17) is 9.47 Å². The van der Waals surface area contributed by atoms with Crippen LogP contribution in [0.1, 0.15) is 27.5 Å². The molecule has 0 bridgehead atoms. The molecule has 2 fully saturated rings. The summed E-state index contributed by atoms with van der Waals surface area (Å²) in [5.41, 5.74) is 2.65. The summed E-state index contributed by atoms with van der Waals surface area (Å²) in [6, 6.07) is 20.2. The lowest BCUT2D eigenvalue weighted by Gasteiger charge is -2.33. The molecule has 8 heteroatoms. The average molecular weight is 479 g/mol. The number of carbonyl (C=O) groups excluding carboxylic acids is 3. The van der Waals surface area contributed by atoms with Crippen molar-refractivity contribution in [3.05, 3.63) is 89.5 Å². The van der Waals surface area contributed by atoms with Crippen LogP contribution in [0.3, 0.4) is 0 Å². The summed E-state index contributed by atoms with van der Waals surface area (Å²) in [5, 5.41) is 6.27. The zero-order valence-corrected chi connectivity index (χ0v) is 19.1. The number of carbonyl (C=O) groups is 3. The number of imide groups is 1. The Labute approximate surface area is 206 Å². The van der Waals surface area contributed by atoms with Crippen LogP contribution in [0.5, 0.6) is 11.5 Å². The Balaban J connectivity index is 1.35. The molecule has 8 nitrogen and oxygen atoms in total. The molecule has 4 heterocycles. The Hall–Kier alpha value is -4.46. The fraction of sp³-hybridized carbons (Fsp3) is 0.214. The van der Waals surface area contributed by atoms with E-state index >= 15 is 0 Å². The molecule has 3 aromatic rings. The van der Waals surface area contributed by atoms with Crippen LogP contribution in [0.2, 0.25) is 0 Å². The highest BCUT2D eigenvalue weighted by molar-refractivity contribution is 6.24. The van der Waals surface area contributed by atoms with Crippen LogP contribution in [0.15, 0.2) is 77.9 Å². The minimum Gasteiger partial charge on any atom is -0.486 e. The van der Waals surface area contributed by atoms with Gasteiger partial charge in [0.2, 0.25) is 11.8 Å². The first-order valence-electron chi connectivity index (χ1n) is 11.9. The van der Waals surface area contributed by atoms with E-state index in [2.05, 4.69) is 5.10 Å². The van der Waals surface area contributed by atoms with Crippen molar-refractivity contribution in [2.75, 3.05) is 18.1 Å². The SMILES string of the molecule is O=C(c1ccccc1)C1C2C(=O)N(c3ccc4c(c3)OCCO4)C(=O)C2C2c3ccccc3C=NN12. The fourth-order valence-corrected chi connectivity index (χ4v) is 5.87. The second kappa shape index (κ2) is 7.78. The quantitative estimate of drug-likeness (QED) is 0.424. The maximum atomic E-state index is 14.0. The van der Waals surface area contributed by atoms with Crippen LogP contribution in [-0.4, -0.2) is 48.1 Å². The molecule has 4 atom stereocenters. The highest BCUT2D eigenvalue weighted by Crippen LogP contribution is 2.53. The number of nitrogens with zero attached hydrogens (tertiary/aromatic N) is 3. The van der Waals surface area contributed by atoms with Gasteiger partial charge >= 0.3 is 0 Å². The van der Waals surface area contributed by atoms with Gasteiger partial charge in [0.1, 0.15) is 19.3 Å². The second-order valence-electron chi connectivity index (χ2n) is 9.26. The molecule has 178 valence electrons. The number of Topliss-reactive ketones (excluding diaryl/α,β-unsaturated/α-hetero) is 1. The van der Waals surface area contributed by atoms with E-state index in [0.29, 0.717) is 36.0 Å². The van der Waals surface area contributed by atoms with Crippen LogP contribution in [0.4, 0.5) is 5.69 Å². The van der Waals surface area contributed by atoms with Gasteiger partial charge in [-0.1, -0.05) is 54.6 Å². The van der Waals surface area contributed by atoms with Crippen LogP contribution >= 0.6 is 0 Å². The fourth-order valence-electron chi connectivity index (χ4n) is 5.87. The maximum absolute atomic E-state index is 14.0. The summed E-state index contributed by atoms with van der Waals surface area (Å²) in [4.78, 5) is 43.0. The van der Waals surface area contributed by atoms with E-state index in [9.17, 15) is 14.4 Å². The molecule has 0 aromatic heterocycles. The lowest BCUT2D eigenvalue weighted by molar-refractivity contribution is -0.124. The van der Waals surface area contributed by atoms with Gasteiger partial charge in [0, 0.05) is 11.6 Å². The number of benzene rings is 3. The van der Waals surface area contributed by atoms with E-state index in [0.717, 1.165) is 11.1 Å². The van der Waals surface area contributed by atoms with Crippen LogP contribution < -0.4 is 14.4 Å². The Morgan fingerprint density at radius 1 is 0.833 bits per heavy atom. The average Bonchev–Trinajstić information content (AvgIpc) is 3.40. The second-order valence-corrected chi connectivity index (χ2v) is 9.26. The molecule has 0 aliphatic carbocycles. The third-order valence-corrected chi connectivity index (χ3v) is 7.40. The molecule has 4 unspecified atom stereocenters. The van der Waals surface area contributed by atoms with Gasteiger partial charge in [-0.05, 0) is 23.3 Å². The van der Waals surface area contributed by atoms with Gasteiger partial charge in [0.15, 0.2) is 17.3 Å². The van der Waals surface area contributed by atoms with Crippen LogP contribution in [-0.2, 0) is 9.59 Å². The van der Waals surface area contributed by atoms with Crippen molar-refractivity contribution in [3.63, 3.8) is 0 Å². The molecule has 4 aliphatic heterocycles. The van der Waals surface area contributed by atoms with Gasteiger partial charge in [-0.2, -0.15) is 5.10 Å². The summed E-state index contributed by atoms with van der Waals surface area (Å²) in [6.07, 6.45) is 1.70. The molecule has 0 radical (unpaired) electrons. The number of fused-ring (bicyclic) bond motifs is 6. The number of anilines is 1.